The van der Waals surface area contributed by atoms with Crippen molar-refractivity contribution in [3.63, 3.8) is 0 Å². The van der Waals surface area contributed by atoms with E-state index in [9.17, 15) is 4.79 Å². The summed E-state index contributed by atoms with van der Waals surface area (Å²) in [7, 11) is 1.88. The number of amides is 1. The van der Waals surface area contributed by atoms with Crippen LogP contribution in [0.5, 0.6) is 0 Å². The maximum absolute atomic E-state index is 11.7. The fourth-order valence-electron chi connectivity index (χ4n) is 1.59. The molecule has 0 saturated carbocycles. The Bertz CT molecular complexity index is 398. The first kappa shape index (κ1) is 14.5. The van der Waals surface area contributed by atoms with Crippen molar-refractivity contribution in [1.29, 1.82) is 0 Å². The van der Waals surface area contributed by atoms with E-state index in [0.29, 0.717) is 5.92 Å². The molecule has 1 aromatic heterocycles. The Labute approximate surface area is 109 Å². The third-order valence-electron chi connectivity index (χ3n) is 3.07. The minimum absolute atomic E-state index is 0.0158. The number of hydrogen-bond acceptors (Lipinski definition) is 3. The van der Waals surface area contributed by atoms with Gasteiger partial charge in [-0.1, -0.05) is 20.8 Å². The van der Waals surface area contributed by atoms with Gasteiger partial charge in [0.05, 0.1) is 17.9 Å². The van der Waals surface area contributed by atoms with E-state index in [1.54, 1.807) is 4.68 Å². The first-order valence-corrected chi connectivity index (χ1v) is 6.49. The minimum atomic E-state index is 0.0158. The quantitative estimate of drug-likeness (QED) is 0.807. The molecule has 1 heterocycles. The summed E-state index contributed by atoms with van der Waals surface area (Å²) in [5.74, 6) is 0.459. The number of nitrogens with one attached hydrogen (secondary N) is 2. The highest BCUT2D eigenvalue weighted by Crippen LogP contribution is 2.12. The molecule has 0 fully saturated rings. The van der Waals surface area contributed by atoms with Gasteiger partial charge in [0, 0.05) is 19.3 Å². The van der Waals surface area contributed by atoms with Crippen molar-refractivity contribution in [3.05, 3.63) is 11.9 Å². The van der Waals surface area contributed by atoms with Gasteiger partial charge in [0.1, 0.15) is 0 Å². The first-order valence-electron chi connectivity index (χ1n) is 6.49. The lowest BCUT2D eigenvalue weighted by atomic mass is 10.1. The van der Waals surface area contributed by atoms with Crippen LogP contribution in [0.1, 0.15) is 33.4 Å². The van der Waals surface area contributed by atoms with Gasteiger partial charge in [-0.2, -0.15) is 5.10 Å². The van der Waals surface area contributed by atoms with E-state index >= 15 is 0 Å². The average molecular weight is 252 g/mol. The topological polar surface area (TPSA) is 59.0 Å². The second-order valence-electron chi connectivity index (χ2n) is 4.97. The minimum Gasteiger partial charge on any atom is -0.373 e. The SMILES string of the molecule is CCc1nn(C)cc1NCC(=O)NC(C)C(C)C. The maximum Gasteiger partial charge on any atom is 0.239 e. The number of aryl methyl sites for hydroxylation is 2. The summed E-state index contributed by atoms with van der Waals surface area (Å²) in [4.78, 5) is 11.7. The molecular formula is C13H24N4O. The molecule has 5 heteroatoms. The number of hydrogen-bond donors (Lipinski definition) is 2. The van der Waals surface area contributed by atoms with Crippen molar-refractivity contribution >= 4 is 11.6 Å². The Balaban J connectivity index is 2.47. The summed E-state index contributed by atoms with van der Waals surface area (Å²) >= 11 is 0. The normalized spacial score (nSPS) is 12.6. The zero-order valence-corrected chi connectivity index (χ0v) is 11.9. The molecule has 0 aliphatic rings. The highest BCUT2D eigenvalue weighted by atomic mass is 16.1. The highest BCUT2D eigenvalue weighted by Gasteiger charge is 2.11. The molecule has 0 aliphatic heterocycles. The Morgan fingerprint density at radius 1 is 1.44 bits per heavy atom. The molecule has 0 spiro atoms. The van der Waals surface area contributed by atoms with Crippen LogP contribution in [0.3, 0.4) is 0 Å². The lowest BCUT2D eigenvalue weighted by Crippen LogP contribution is -2.39. The van der Waals surface area contributed by atoms with Crippen LogP contribution >= 0.6 is 0 Å². The number of anilines is 1. The second-order valence-corrected chi connectivity index (χ2v) is 4.97. The summed E-state index contributed by atoms with van der Waals surface area (Å²) in [5.41, 5.74) is 1.93. The molecule has 0 bridgehead atoms. The monoisotopic (exact) mass is 252 g/mol. The van der Waals surface area contributed by atoms with Crippen LogP contribution in [0.2, 0.25) is 0 Å². The largest absolute Gasteiger partial charge is 0.373 e. The molecule has 1 aromatic rings. The Hall–Kier alpha value is -1.52. The van der Waals surface area contributed by atoms with E-state index in [1.807, 2.05) is 20.2 Å². The second kappa shape index (κ2) is 6.42. The summed E-state index contributed by atoms with van der Waals surface area (Å²) in [5, 5.41) is 10.4. The first-order chi connectivity index (χ1) is 8.43. The molecule has 0 saturated heterocycles. The van der Waals surface area contributed by atoms with E-state index in [-0.39, 0.29) is 18.5 Å². The summed E-state index contributed by atoms with van der Waals surface area (Å²) in [6.07, 6.45) is 2.76. The predicted molar refractivity (Wildman–Crippen MR) is 73.5 cm³/mol. The predicted octanol–water partition coefficient (Wildman–Crippen LogP) is 1.56. The van der Waals surface area contributed by atoms with E-state index in [0.717, 1.165) is 17.8 Å². The van der Waals surface area contributed by atoms with Crippen LogP contribution in [0.4, 0.5) is 5.69 Å². The zero-order valence-electron chi connectivity index (χ0n) is 11.9. The van der Waals surface area contributed by atoms with Gasteiger partial charge in [-0.3, -0.25) is 9.48 Å². The van der Waals surface area contributed by atoms with Gasteiger partial charge >= 0.3 is 0 Å². The Morgan fingerprint density at radius 3 is 2.67 bits per heavy atom. The number of aromatic nitrogens is 2. The summed E-state index contributed by atoms with van der Waals surface area (Å²) < 4.78 is 1.76. The van der Waals surface area contributed by atoms with Gasteiger partial charge in [-0.05, 0) is 19.3 Å². The van der Waals surface area contributed by atoms with E-state index in [1.165, 1.54) is 0 Å². The Kier molecular flexibility index (Phi) is 5.19. The molecule has 18 heavy (non-hydrogen) atoms. The van der Waals surface area contributed by atoms with Gasteiger partial charge in [0.15, 0.2) is 0 Å². The van der Waals surface area contributed by atoms with Crippen LogP contribution in [-0.2, 0) is 18.3 Å². The maximum atomic E-state index is 11.7. The fraction of sp³-hybridized carbons (Fsp3) is 0.692. The molecular weight excluding hydrogens is 228 g/mol. The number of rotatable bonds is 6. The Morgan fingerprint density at radius 2 is 2.11 bits per heavy atom. The zero-order chi connectivity index (χ0) is 13.7. The molecule has 0 aromatic carbocycles. The van der Waals surface area contributed by atoms with Crippen molar-refractivity contribution in [2.24, 2.45) is 13.0 Å². The molecule has 2 N–H and O–H groups in total. The van der Waals surface area contributed by atoms with Gasteiger partial charge in [0.2, 0.25) is 5.91 Å². The summed E-state index contributed by atoms with van der Waals surface area (Å²) in [6.45, 7) is 8.54. The standard InChI is InChI=1S/C13H24N4O/c1-6-11-12(8-17(5)16-11)14-7-13(18)15-10(4)9(2)3/h8-10,14H,6-7H2,1-5H3,(H,15,18). The van der Waals surface area contributed by atoms with Crippen molar-refractivity contribution in [3.8, 4) is 0 Å². The number of carbonyl (C=O) groups excluding carboxylic acids is 1. The van der Waals surface area contributed by atoms with Crippen LogP contribution in [0, 0.1) is 5.92 Å². The average Bonchev–Trinajstić information content (AvgIpc) is 2.66. The molecule has 0 aliphatic carbocycles. The molecule has 1 amide bonds. The summed E-state index contributed by atoms with van der Waals surface area (Å²) in [6, 6.07) is 0.193. The molecule has 0 radical (unpaired) electrons. The highest BCUT2D eigenvalue weighted by molar-refractivity contribution is 5.81. The van der Waals surface area contributed by atoms with Crippen molar-refractivity contribution in [2.45, 2.75) is 40.2 Å². The fourth-order valence-corrected chi connectivity index (χ4v) is 1.59. The van der Waals surface area contributed by atoms with E-state index < -0.39 is 0 Å². The number of nitrogens with zero attached hydrogens (tertiary/aromatic N) is 2. The van der Waals surface area contributed by atoms with Crippen LogP contribution in [-0.4, -0.2) is 28.3 Å². The van der Waals surface area contributed by atoms with Crippen LogP contribution in [0.25, 0.3) is 0 Å². The molecule has 1 atom stereocenters. The smallest absolute Gasteiger partial charge is 0.239 e. The lowest BCUT2D eigenvalue weighted by Gasteiger charge is -2.17. The van der Waals surface area contributed by atoms with Gasteiger partial charge in [0.25, 0.3) is 0 Å². The van der Waals surface area contributed by atoms with Crippen molar-refractivity contribution < 1.29 is 4.79 Å². The third kappa shape index (κ3) is 4.05. The van der Waals surface area contributed by atoms with Crippen LogP contribution in [0.15, 0.2) is 6.20 Å². The lowest BCUT2D eigenvalue weighted by molar-refractivity contribution is -0.120. The van der Waals surface area contributed by atoms with Crippen LogP contribution < -0.4 is 10.6 Å². The van der Waals surface area contributed by atoms with Gasteiger partial charge in [-0.15, -0.1) is 0 Å². The molecule has 5 nitrogen and oxygen atoms in total. The number of carbonyl (C=O) groups is 1. The molecule has 1 rings (SSSR count). The van der Waals surface area contributed by atoms with E-state index in [2.05, 4.69) is 36.5 Å². The van der Waals surface area contributed by atoms with E-state index in [4.69, 9.17) is 0 Å². The van der Waals surface area contributed by atoms with Crippen molar-refractivity contribution in [2.75, 3.05) is 11.9 Å². The molecule has 102 valence electrons. The van der Waals surface area contributed by atoms with Crippen molar-refractivity contribution in [1.82, 2.24) is 15.1 Å². The third-order valence-corrected chi connectivity index (χ3v) is 3.07. The van der Waals surface area contributed by atoms with Gasteiger partial charge in [-0.25, -0.2) is 0 Å². The molecule has 1 unspecified atom stereocenters. The van der Waals surface area contributed by atoms with Gasteiger partial charge < -0.3 is 10.6 Å².